The topological polar surface area (TPSA) is 111 Å². The Bertz CT molecular complexity index is 662. The Morgan fingerprint density at radius 2 is 1.89 bits per heavy atom. The normalized spacial score (nSPS) is 11.2. The first-order chi connectivity index (χ1) is 8.49. The zero-order valence-corrected chi connectivity index (χ0v) is 11.3. The van der Waals surface area contributed by atoms with E-state index in [9.17, 15) is 8.42 Å². The van der Waals surface area contributed by atoms with Crippen LogP contribution in [0, 0.1) is 0 Å². The highest BCUT2D eigenvalue weighted by atomic mass is 79.9. The lowest BCUT2D eigenvalue weighted by atomic mass is 10.5. The van der Waals surface area contributed by atoms with Gasteiger partial charge < -0.3 is 5.73 Å². The lowest BCUT2D eigenvalue weighted by molar-refractivity contribution is 0.601. The van der Waals surface area contributed by atoms with Crippen LogP contribution in [0.25, 0.3) is 0 Å². The van der Waals surface area contributed by atoms with Gasteiger partial charge >= 0.3 is 0 Å². The van der Waals surface area contributed by atoms with Crippen LogP contribution < -0.4 is 10.5 Å². The van der Waals surface area contributed by atoms with Crippen LogP contribution in [0.3, 0.4) is 0 Å². The van der Waals surface area contributed by atoms with Gasteiger partial charge in [-0.2, -0.15) is 0 Å². The van der Waals surface area contributed by atoms with Crippen LogP contribution in [0.1, 0.15) is 0 Å². The minimum atomic E-state index is -3.86. The second-order valence-corrected chi connectivity index (χ2v) is 5.78. The Kier molecular flexibility index (Phi) is 3.43. The minimum absolute atomic E-state index is 0.0307. The summed E-state index contributed by atoms with van der Waals surface area (Å²) >= 11 is 3.13. The maximum Gasteiger partial charge on any atom is 0.267 e. The van der Waals surface area contributed by atoms with Crippen LogP contribution in [0.15, 0.2) is 40.1 Å². The van der Waals surface area contributed by atoms with Crippen LogP contribution in [0.2, 0.25) is 0 Å². The summed E-state index contributed by atoms with van der Waals surface area (Å²) in [6.07, 6.45) is 4.26. The molecule has 7 nitrogen and oxygen atoms in total. The van der Waals surface area contributed by atoms with Gasteiger partial charge in [0.05, 0.1) is 0 Å². The SMILES string of the molecule is Nc1ncc(Br)cc1S(=O)(=O)Nc1ncccn1. The summed E-state index contributed by atoms with van der Waals surface area (Å²) in [5, 5.41) is 0. The highest BCUT2D eigenvalue weighted by Gasteiger charge is 2.19. The summed E-state index contributed by atoms with van der Waals surface area (Å²) in [6, 6.07) is 2.93. The molecule has 0 aliphatic heterocycles. The average Bonchev–Trinajstić information content (AvgIpc) is 2.33. The molecule has 0 radical (unpaired) electrons. The predicted molar refractivity (Wildman–Crippen MR) is 69.2 cm³/mol. The third kappa shape index (κ3) is 2.74. The minimum Gasteiger partial charge on any atom is -0.383 e. The number of aromatic nitrogens is 3. The van der Waals surface area contributed by atoms with Crippen LogP contribution in [-0.2, 0) is 10.0 Å². The molecule has 2 rings (SSSR count). The molecular formula is C9H8BrN5O2S. The molecule has 2 aromatic heterocycles. The Morgan fingerprint density at radius 3 is 2.56 bits per heavy atom. The predicted octanol–water partition coefficient (Wildman–Crippen LogP) is 1.02. The van der Waals surface area contributed by atoms with E-state index in [2.05, 4.69) is 35.6 Å². The van der Waals surface area contributed by atoms with Gasteiger partial charge in [-0.25, -0.2) is 28.1 Å². The fourth-order valence-corrected chi connectivity index (χ4v) is 2.72. The summed E-state index contributed by atoms with van der Waals surface area (Å²) in [7, 11) is -3.86. The largest absolute Gasteiger partial charge is 0.383 e. The molecule has 0 bridgehead atoms. The molecule has 9 heteroatoms. The van der Waals surface area contributed by atoms with Gasteiger partial charge in [-0.1, -0.05) is 0 Å². The van der Waals surface area contributed by atoms with Crippen molar-refractivity contribution in [2.75, 3.05) is 10.5 Å². The molecule has 2 heterocycles. The molecule has 0 amide bonds. The zero-order chi connectivity index (χ0) is 13.2. The standard InChI is InChI=1S/C9H8BrN5O2S/c10-6-4-7(8(11)14-5-6)18(16,17)15-9-12-2-1-3-13-9/h1-5H,(H2,11,14)(H,12,13,15). The van der Waals surface area contributed by atoms with Gasteiger partial charge in [0.1, 0.15) is 10.7 Å². The van der Waals surface area contributed by atoms with Gasteiger partial charge in [-0.3, -0.25) is 0 Å². The summed E-state index contributed by atoms with van der Waals surface area (Å²) in [4.78, 5) is 11.2. The molecular weight excluding hydrogens is 322 g/mol. The first-order valence-corrected chi connectivity index (χ1v) is 6.97. The van der Waals surface area contributed by atoms with Gasteiger partial charge in [0.15, 0.2) is 0 Å². The third-order valence-corrected chi connectivity index (χ3v) is 3.72. The summed E-state index contributed by atoms with van der Waals surface area (Å²) in [5.74, 6) is -0.126. The quantitative estimate of drug-likeness (QED) is 0.869. The fraction of sp³-hybridized carbons (Fsp3) is 0. The van der Waals surface area contributed by atoms with Gasteiger partial charge in [-0.05, 0) is 28.1 Å². The Balaban J connectivity index is 2.40. The van der Waals surface area contributed by atoms with Crippen molar-refractivity contribution in [3.05, 3.63) is 35.2 Å². The van der Waals surface area contributed by atoms with E-state index in [1.54, 1.807) is 6.07 Å². The molecule has 0 aliphatic rings. The molecule has 0 aromatic carbocycles. The number of halogens is 1. The van der Waals surface area contributed by atoms with Crippen LogP contribution >= 0.6 is 15.9 Å². The highest BCUT2D eigenvalue weighted by molar-refractivity contribution is 9.10. The Labute approximate surface area is 112 Å². The maximum atomic E-state index is 12.0. The van der Waals surface area contributed by atoms with E-state index >= 15 is 0 Å². The van der Waals surface area contributed by atoms with E-state index in [-0.39, 0.29) is 16.7 Å². The van der Waals surface area contributed by atoms with Gasteiger partial charge in [0, 0.05) is 23.1 Å². The number of hydrogen-bond donors (Lipinski definition) is 2. The summed E-state index contributed by atoms with van der Waals surface area (Å²) in [5.41, 5.74) is 5.54. The number of sulfonamides is 1. The Hall–Kier alpha value is -1.74. The van der Waals surface area contributed by atoms with Crippen molar-refractivity contribution in [1.29, 1.82) is 0 Å². The molecule has 0 saturated carbocycles. The first-order valence-electron chi connectivity index (χ1n) is 4.70. The second-order valence-electron chi connectivity index (χ2n) is 3.21. The molecule has 0 unspecified atom stereocenters. The smallest absolute Gasteiger partial charge is 0.267 e. The molecule has 0 atom stereocenters. The van der Waals surface area contributed by atoms with Crippen LogP contribution in [-0.4, -0.2) is 23.4 Å². The number of nitrogens with two attached hydrogens (primary N) is 1. The molecule has 0 fully saturated rings. The molecule has 18 heavy (non-hydrogen) atoms. The molecule has 0 spiro atoms. The number of hydrogen-bond acceptors (Lipinski definition) is 6. The van der Waals surface area contributed by atoms with E-state index in [0.717, 1.165) is 0 Å². The lowest BCUT2D eigenvalue weighted by Crippen LogP contribution is -2.17. The number of nitrogens with one attached hydrogen (secondary N) is 1. The van der Waals surface area contributed by atoms with E-state index in [4.69, 9.17) is 5.73 Å². The molecule has 0 saturated heterocycles. The first kappa shape index (κ1) is 12.7. The average molecular weight is 330 g/mol. The lowest BCUT2D eigenvalue weighted by Gasteiger charge is -2.08. The van der Waals surface area contributed by atoms with Crippen molar-refractivity contribution in [3.63, 3.8) is 0 Å². The van der Waals surface area contributed by atoms with Crippen molar-refractivity contribution in [2.24, 2.45) is 0 Å². The number of nitrogens with zero attached hydrogens (tertiary/aromatic N) is 3. The monoisotopic (exact) mass is 329 g/mol. The number of nitrogen functional groups attached to an aromatic ring is 1. The van der Waals surface area contributed by atoms with Gasteiger partial charge in [-0.15, -0.1) is 0 Å². The van der Waals surface area contributed by atoms with E-state index in [1.165, 1.54) is 24.7 Å². The van der Waals surface area contributed by atoms with Crippen molar-refractivity contribution in [3.8, 4) is 0 Å². The van der Waals surface area contributed by atoms with Crippen molar-refractivity contribution in [1.82, 2.24) is 15.0 Å². The summed E-state index contributed by atoms with van der Waals surface area (Å²) in [6.45, 7) is 0. The summed E-state index contributed by atoms with van der Waals surface area (Å²) < 4.78 is 26.8. The van der Waals surface area contributed by atoms with Crippen molar-refractivity contribution >= 4 is 37.7 Å². The van der Waals surface area contributed by atoms with Crippen molar-refractivity contribution in [2.45, 2.75) is 4.90 Å². The number of anilines is 2. The van der Waals surface area contributed by atoms with Crippen LogP contribution in [0.5, 0.6) is 0 Å². The van der Waals surface area contributed by atoms with E-state index < -0.39 is 10.0 Å². The van der Waals surface area contributed by atoms with E-state index in [1.807, 2.05) is 0 Å². The number of pyridine rings is 1. The zero-order valence-electron chi connectivity index (χ0n) is 8.91. The third-order valence-electron chi connectivity index (χ3n) is 1.93. The fourth-order valence-electron chi connectivity index (χ4n) is 1.17. The molecule has 0 aliphatic carbocycles. The molecule has 2 aromatic rings. The maximum absolute atomic E-state index is 12.0. The molecule has 3 N–H and O–H groups in total. The number of rotatable bonds is 3. The van der Waals surface area contributed by atoms with Crippen molar-refractivity contribution < 1.29 is 8.42 Å². The van der Waals surface area contributed by atoms with E-state index in [0.29, 0.717) is 4.47 Å². The van der Waals surface area contributed by atoms with Gasteiger partial charge in [0.25, 0.3) is 10.0 Å². The highest BCUT2D eigenvalue weighted by Crippen LogP contribution is 2.21. The molecule has 94 valence electrons. The van der Waals surface area contributed by atoms with Crippen LogP contribution in [0.4, 0.5) is 11.8 Å². The van der Waals surface area contributed by atoms with Gasteiger partial charge in [0.2, 0.25) is 5.95 Å². The second kappa shape index (κ2) is 4.86. The Morgan fingerprint density at radius 1 is 1.22 bits per heavy atom.